The van der Waals surface area contributed by atoms with Crippen molar-refractivity contribution in [3.8, 4) is 11.5 Å². The van der Waals surface area contributed by atoms with E-state index in [-0.39, 0.29) is 5.41 Å². The molecule has 0 spiro atoms. The number of hydrogen-bond acceptors (Lipinski definition) is 4. The van der Waals surface area contributed by atoms with Gasteiger partial charge in [-0.3, -0.25) is 0 Å². The van der Waals surface area contributed by atoms with Gasteiger partial charge in [-0.05, 0) is 12.0 Å². The van der Waals surface area contributed by atoms with Crippen LogP contribution in [-0.2, 0) is 5.41 Å². The van der Waals surface area contributed by atoms with E-state index in [1.54, 1.807) is 14.2 Å². The van der Waals surface area contributed by atoms with Gasteiger partial charge in [0.25, 0.3) is 0 Å². The van der Waals surface area contributed by atoms with Crippen LogP contribution in [-0.4, -0.2) is 39.9 Å². The van der Waals surface area contributed by atoms with Crippen molar-refractivity contribution in [2.75, 3.05) is 38.8 Å². The summed E-state index contributed by atoms with van der Waals surface area (Å²) in [6, 6.07) is 17.3. The molecule has 0 bridgehead atoms. The molecule has 26 heavy (non-hydrogen) atoms. The van der Waals surface area contributed by atoms with Gasteiger partial charge in [0.15, 0.2) is 0 Å². The molecule has 0 aromatic heterocycles. The van der Waals surface area contributed by atoms with Crippen molar-refractivity contribution >= 4 is 5.69 Å². The molecule has 1 fully saturated rings. The maximum absolute atomic E-state index is 5.40. The van der Waals surface area contributed by atoms with Crippen molar-refractivity contribution in [1.82, 2.24) is 5.32 Å². The highest BCUT2D eigenvalue weighted by Gasteiger charge is 2.26. The second kappa shape index (κ2) is 8.00. The summed E-state index contributed by atoms with van der Waals surface area (Å²) in [6.07, 6.45) is 1.14. The number of rotatable bonds is 7. The lowest BCUT2D eigenvalue weighted by Crippen LogP contribution is -2.40. The maximum Gasteiger partial charge on any atom is 0.124 e. The SMILES string of the molecule is COc1cc(OC)cc(N2CC[C@@H](NCC(C)(C)c3ccccc3)C2)c1. The molecule has 2 aromatic rings. The van der Waals surface area contributed by atoms with Gasteiger partial charge in [-0.1, -0.05) is 44.2 Å². The molecule has 3 rings (SSSR count). The Hall–Kier alpha value is -2.20. The quantitative estimate of drug-likeness (QED) is 0.819. The zero-order chi connectivity index (χ0) is 18.6. The van der Waals surface area contributed by atoms with Crippen LogP contribution in [0.5, 0.6) is 11.5 Å². The van der Waals surface area contributed by atoms with Crippen molar-refractivity contribution in [2.45, 2.75) is 31.7 Å². The molecule has 1 heterocycles. The molecule has 1 saturated heterocycles. The minimum atomic E-state index is 0.119. The van der Waals surface area contributed by atoms with Crippen LogP contribution >= 0.6 is 0 Å². The fourth-order valence-electron chi connectivity index (χ4n) is 3.53. The summed E-state index contributed by atoms with van der Waals surface area (Å²) < 4.78 is 10.8. The lowest BCUT2D eigenvalue weighted by Gasteiger charge is -2.28. The maximum atomic E-state index is 5.40. The first-order chi connectivity index (χ1) is 12.5. The lowest BCUT2D eigenvalue weighted by atomic mass is 9.84. The Balaban J connectivity index is 1.61. The summed E-state index contributed by atoms with van der Waals surface area (Å²) in [4.78, 5) is 2.40. The number of methoxy groups -OCH3 is 2. The second-order valence-electron chi connectivity index (χ2n) is 7.63. The monoisotopic (exact) mass is 354 g/mol. The minimum absolute atomic E-state index is 0.119. The third-order valence-corrected chi connectivity index (χ3v) is 5.28. The number of hydrogen-bond donors (Lipinski definition) is 1. The Morgan fingerprint density at radius 1 is 1.04 bits per heavy atom. The van der Waals surface area contributed by atoms with Gasteiger partial charge in [-0.25, -0.2) is 0 Å². The second-order valence-corrected chi connectivity index (χ2v) is 7.63. The summed E-state index contributed by atoms with van der Waals surface area (Å²) in [7, 11) is 3.39. The lowest BCUT2D eigenvalue weighted by molar-refractivity contribution is 0.394. The number of benzene rings is 2. The van der Waals surface area contributed by atoms with E-state index in [9.17, 15) is 0 Å². The van der Waals surface area contributed by atoms with Crippen molar-refractivity contribution in [1.29, 1.82) is 0 Å². The molecule has 4 nitrogen and oxygen atoms in total. The molecule has 0 amide bonds. The summed E-state index contributed by atoms with van der Waals surface area (Å²) in [5.41, 5.74) is 2.65. The van der Waals surface area contributed by atoms with E-state index < -0.39 is 0 Å². The van der Waals surface area contributed by atoms with E-state index in [0.717, 1.165) is 43.2 Å². The Bertz CT molecular complexity index is 693. The first-order valence-electron chi connectivity index (χ1n) is 9.29. The molecule has 0 saturated carbocycles. The smallest absolute Gasteiger partial charge is 0.124 e. The molecule has 0 radical (unpaired) electrons. The van der Waals surface area contributed by atoms with Gasteiger partial charge >= 0.3 is 0 Å². The molecular weight excluding hydrogens is 324 g/mol. The predicted octanol–water partition coefficient (Wildman–Crippen LogP) is 3.85. The largest absolute Gasteiger partial charge is 0.497 e. The normalized spacial score (nSPS) is 17.4. The molecule has 2 aromatic carbocycles. The van der Waals surface area contributed by atoms with Crippen LogP contribution in [0.15, 0.2) is 48.5 Å². The van der Waals surface area contributed by atoms with Gasteiger partial charge in [0.05, 0.1) is 14.2 Å². The van der Waals surface area contributed by atoms with Crippen LogP contribution < -0.4 is 19.7 Å². The van der Waals surface area contributed by atoms with Gasteiger partial charge in [-0.2, -0.15) is 0 Å². The molecule has 0 unspecified atom stereocenters. The third kappa shape index (κ3) is 4.31. The van der Waals surface area contributed by atoms with Crippen LogP contribution in [0.2, 0.25) is 0 Å². The van der Waals surface area contributed by atoms with E-state index in [2.05, 4.69) is 66.5 Å². The molecular formula is C22H30N2O2. The van der Waals surface area contributed by atoms with Crippen LogP contribution in [0.25, 0.3) is 0 Å². The Morgan fingerprint density at radius 2 is 1.69 bits per heavy atom. The van der Waals surface area contributed by atoms with Crippen molar-refractivity contribution in [2.24, 2.45) is 0 Å². The Labute approximate surface area is 157 Å². The van der Waals surface area contributed by atoms with Gasteiger partial charge < -0.3 is 19.7 Å². The highest BCUT2D eigenvalue weighted by molar-refractivity contribution is 5.56. The zero-order valence-electron chi connectivity index (χ0n) is 16.3. The average Bonchev–Trinajstić information content (AvgIpc) is 3.16. The number of ether oxygens (including phenoxy) is 2. The van der Waals surface area contributed by atoms with Crippen LogP contribution in [0, 0.1) is 0 Å². The van der Waals surface area contributed by atoms with Crippen molar-refractivity contribution < 1.29 is 9.47 Å². The van der Waals surface area contributed by atoms with Crippen LogP contribution in [0.3, 0.4) is 0 Å². The fourth-order valence-corrected chi connectivity index (χ4v) is 3.53. The van der Waals surface area contributed by atoms with E-state index in [0.29, 0.717) is 6.04 Å². The van der Waals surface area contributed by atoms with Gasteiger partial charge in [-0.15, -0.1) is 0 Å². The highest BCUT2D eigenvalue weighted by atomic mass is 16.5. The Kier molecular flexibility index (Phi) is 5.72. The topological polar surface area (TPSA) is 33.7 Å². The molecule has 4 heteroatoms. The molecule has 0 aliphatic carbocycles. The van der Waals surface area contributed by atoms with E-state index in [1.807, 2.05) is 6.07 Å². The summed E-state index contributed by atoms with van der Waals surface area (Å²) in [6.45, 7) is 7.61. The number of nitrogens with zero attached hydrogens (tertiary/aromatic N) is 1. The van der Waals surface area contributed by atoms with Crippen LogP contribution in [0.1, 0.15) is 25.8 Å². The minimum Gasteiger partial charge on any atom is -0.497 e. The first kappa shape index (κ1) is 18.6. The van der Waals surface area contributed by atoms with Gasteiger partial charge in [0.2, 0.25) is 0 Å². The first-order valence-corrected chi connectivity index (χ1v) is 9.29. The third-order valence-electron chi connectivity index (χ3n) is 5.28. The highest BCUT2D eigenvalue weighted by Crippen LogP contribution is 2.30. The molecule has 1 aliphatic rings. The predicted molar refractivity (Wildman–Crippen MR) is 108 cm³/mol. The average molecular weight is 354 g/mol. The van der Waals surface area contributed by atoms with E-state index >= 15 is 0 Å². The van der Waals surface area contributed by atoms with Crippen molar-refractivity contribution in [3.63, 3.8) is 0 Å². The molecule has 1 aliphatic heterocycles. The van der Waals surface area contributed by atoms with Gasteiger partial charge in [0, 0.05) is 55.0 Å². The summed E-state index contributed by atoms with van der Waals surface area (Å²) >= 11 is 0. The standard InChI is InChI=1S/C22H30N2O2/c1-22(2,17-8-6-5-7-9-17)16-23-18-10-11-24(15-18)19-12-20(25-3)14-21(13-19)26-4/h5-9,12-14,18,23H,10-11,15-16H2,1-4H3/t18-/m1/s1. The number of nitrogens with one attached hydrogen (secondary N) is 1. The van der Waals surface area contributed by atoms with Crippen LogP contribution in [0.4, 0.5) is 5.69 Å². The zero-order valence-corrected chi connectivity index (χ0v) is 16.3. The number of anilines is 1. The fraction of sp³-hybridized carbons (Fsp3) is 0.455. The summed E-state index contributed by atoms with van der Waals surface area (Å²) in [5, 5.41) is 3.77. The van der Waals surface area contributed by atoms with E-state index in [4.69, 9.17) is 9.47 Å². The Morgan fingerprint density at radius 3 is 2.31 bits per heavy atom. The molecule has 140 valence electrons. The molecule has 1 N–H and O–H groups in total. The summed E-state index contributed by atoms with van der Waals surface area (Å²) in [5.74, 6) is 1.67. The van der Waals surface area contributed by atoms with Gasteiger partial charge in [0.1, 0.15) is 11.5 Å². The van der Waals surface area contributed by atoms with Crippen molar-refractivity contribution in [3.05, 3.63) is 54.1 Å². The molecule has 1 atom stereocenters. The van der Waals surface area contributed by atoms with E-state index in [1.165, 1.54) is 5.56 Å².